The van der Waals surface area contributed by atoms with Gasteiger partial charge in [-0.25, -0.2) is 9.97 Å². The number of hydrogen-bond donors (Lipinski definition) is 0. The molecule has 0 radical (unpaired) electrons. The zero-order valence-corrected chi connectivity index (χ0v) is 21.0. The Labute approximate surface area is 202 Å². The van der Waals surface area contributed by atoms with Crippen LogP contribution >= 0.6 is 22.6 Å². The van der Waals surface area contributed by atoms with Crippen LogP contribution in [0.3, 0.4) is 0 Å². The molecule has 0 bridgehead atoms. The predicted molar refractivity (Wildman–Crippen MR) is 132 cm³/mol. The van der Waals surface area contributed by atoms with Crippen molar-refractivity contribution in [3.63, 3.8) is 0 Å². The van der Waals surface area contributed by atoms with Crippen molar-refractivity contribution < 1.29 is 14.2 Å². The summed E-state index contributed by atoms with van der Waals surface area (Å²) in [6.07, 6.45) is 6.49. The molecule has 0 unspecified atom stereocenters. The van der Waals surface area contributed by atoms with Crippen molar-refractivity contribution in [3.8, 4) is 5.75 Å². The zero-order valence-electron chi connectivity index (χ0n) is 18.8. The molecule has 1 saturated heterocycles. The number of fused-ring (bicyclic) bond motifs is 2. The van der Waals surface area contributed by atoms with Gasteiger partial charge in [-0.3, -0.25) is 0 Å². The van der Waals surface area contributed by atoms with Gasteiger partial charge in [0.2, 0.25) is 0 Å². The van der Waals surface area contributed by atoms with Crippen LogP contribution in [0.15, 0.2) is 52.0 Å². The SMILES string of the molecule is CCC1=C(I)[C@@H](n2ccc3c(CCc4ccc(OC)cc4)ncnc32)[C@@H]2OC(C)(C)O[C@H]12. The van der Waals surface area contributed by atoms with Crippen LogP contribution in [0.2, 0.25) is 0 Å². The summed E-state index contributed by atoms with van der Waals surface area (Å²) in [5.74, 6) is 0.299. The molecule has 0 spiro atoms. The van der Waals surface area contributed by atoms with E-state index in [-0.39, 0.29) is 18.2 Å². The lowest BCUT2D eigenvalue weighted by Crippen LogP contribution is -2.28. The third-order valence-electron chi connectivity index (χ3n) is 6.43. The molecule has 0 N–H and O–H groups in total. The molecular weight excluding hydrogens is 517 g/mol. The van der Waals surface area contributed by atoms with Gasteiger partial charge in [0, 0.05) is 15.2 Å². The fraction of sp³-hybridized carbons (Fsp3) is 0.440. The van der Waals surface area contributed by atoms with E-state index in [0.29, 0.717) is 0 Å². The number of aromatic nitrogens is 3. The van der Waals surface area contributed by atoms with E-state index >= 15 is 0 Å². The highest BCUT2D eigenvalue weighted by atomic mass is 127. The number of benzene rings is 1. The average Bonchev–Trinajstić information content (AvgIpc) is 3.41. The lowest BCUT2D eigenvalue weighted by molar-refractivity contribution is -0.148. The van der Waals surface area contributed by atoms with E-state index in [1.165, 1.54) is 14.7 Å². The minimum Gasteiger partial charge on any atom is -0.497 e. The summed E-state index contributed by atoms with van der Waals surface area (Å²) in [5, 5.41) is 1.10. The van der Waals surface area contributed by atoms with E-state index in [1.807, 2.05) is 26.0 Å². The summed E-state index contributed by atoms with van der Waals surface area (Å²) < 4.78 is 21.5. The molecule has 3 aromatic rings. The minimum atomic E-state index is -0.577. The molecule has 1 aliphatic heterocycles. The normalized spacial score (nSPS) is 24.3. The maximum Gasteiger partial charge on any atom is 0.164 e. The number of ether oxygens (including phenoxy) is 3. The van der Waals surface area contributed by atoms with E-state index in [1.54, 1.807) is 13.4 Å². The molecule has 1 fully saturated rings. The Kier molecular flexibility index (Phi) is 5.75. The highest BCUT2D eigenvalue weighted by molar-refractivity contribution is 14.1. The summed E-state index contributed by atoms with van der Waals surface area (Å²) in [4.78, 5) is 9.29. The largest absolute Gasteiger partial charge is 0.497 e. The minimum absolute atomic E-state index is 0.000676. The van der Waals surface area contributed by atoms with Gasteiger partial charge in [-0.15, -0.1) is 0 Å². The Morgan fingerprint density at radius 2 is 1.88 bits per heavy atom. The first-order valence-corrected chi connectivity index (χ1v) is 12.2. The Morgan fingerprint density at radius 3 is 2.59 bits per heavy atom. The molecule has 1 aromatic carbocycles. The molecule has 3 atom stereocenters. The summed E-state index contributed by atoms with van der Waals surface area (Å²) in [7, 11) is 1.69. The van der Waals surface area contributed by atoms with Crippen LogP contribution in [0.25, 0.3) is 11.0 Å². The number of methoxy groups -OCH3 is 1. The molecule has 7 heteroatoms. The molecule has 3 heterocycles. The van der Waals surface area contributed by atoms with E-state index in [4.69, 9.17) is 14.2 Å². The van der Waals surface area contributed by atoms with Crippen LogP contribution in [0.5, 0.6) is 5.75 Å². The van der Waals surface area contributed by atoms with Crippen LogP contribution in [0, 0.1) is 0 Å². The van der Waals surface area contributed by atoms with E-state index in [0.717, 1.165) is 41.7 Å². The molecule has 168 valence electrons. The monoisotopic (exact) mass is 545 g/mol. The molecule has 1 aliphatic carbocycles. The number of nitrogens with zero attached hydrogens (tertiary/aromatic N) is 3. The van der Waals surface area contributed by atoms with E-state index in [9.17, 15) is 0 Å². The van der Waals surface area contributed by atoms with Gasteiger partial charge in [0.15, 0.2) is 5.79 Å². The second-order valence-corrected chi connectivity index (χ2v) is 9.98. The first-order valence-electron chi connectivity index (χ1n) is 11.1. The first-order chi connectivity index (χ1) is 15.4. The quantitative estimate of drug-likeness (QED) is 0.389. The third kappa shape index (κ3) is 3.74. The summed E-state index contributed by atoms with van der Waals surface area (Å²) >= 11 is 2.47. The van der Waals surface area contributed by atoms with Gasteiger partial charge in [-0.2, -0.15) is 0 Å². The number of hydrogen-bond acceptors (Lipinski definition) is 5. The van der Waals surface area contributed by atoms with Crippen molar-refractivity contribution >= 4 is 33.6 Å². The summed E-state index contributed by atoms with van der Waals surface area (Å²) in [6, 6.07) is 10.4. The molecule has 2 aromatic heterocycles. The highest BCUT2D eigenvalue weighted by Crippen LogP contribution is 2.51. The number of halogens is 1. The van der Waals surface area contributed by atoms with Crippen molar-refractivity contribution in [2.45, 2.75) is 64.1 Å². The molecule has 32 heavy (non-hydrogen) atoms. The highest BCUT2D eigenvalue weighted by Gasteiger charge is 2.53. The Hall–Kier alpha value is -1.97. The molecule has 5 rings (SSSR count). The van der Waals surface area contributed by atoms with Gasteiger partial charge >= 0.3 is 0 Å². The number of rotatable bonds is 6. The topological polar surface area (TPSA) is 58.4 Å². The molecular formula is C25H28IN3O3. The van der Waals surface area contributed by atoms with Crippen molar-refractivity contribution in [1.29, 1.82) is 0 Å². The van der Waals surface area contributed by atoms with Crippen molar-refractivity contribution in [3.05, 3.63) is 63.3 Å². The standard InChI is InChI=1S/C25H28IN3O3/c1-5-17-20(26)21(23-22(17)31-25(2,3)32-23)29-13-12-18-19(27-14-28-24(18)29)11-8-15-6-9-16(30-4)10-7-15/h6-7,9-10,12-14,21-23H,5,8,11H2,1-4H3/t21-,22-,23+/m1/s1. The van der Waals surface area contributed by atoms with Gasteiger partial charge in [0.25, 0.3) is 0 Å². The van der Waals surface area contributed by atoms with Crippen LogP contribution in [-0.4, -0.2) is 39.6 Å². The van der Waals surface area contributed by atoms with Gasteiger partial charge in [0.05, 0.1) is 18.8 Å². The molecule has 0 saturated carbocycles. The van der Waals surface area contributed by atoms with Gasteiger partial charge in [0.1, 0.15) is 29.9 Å². The molecule has 2 aliphatic rings. The Morgan fingerprint density at radius 1 is 1.09 bits per heavy atom. The lowest BCUT2D eigenvalue weighted by Gasteiger charge is -2.24. The van der Waals surface area contributed by atoms with E-state index < -0.39 is 5.79 Å². The van der Waals surface area contributed by atoms with Crippen LogP contribution in [0.1, 0.15) is 44.5 Å². The second kappa shape index (κ2) is 8.43. The molecule has 0 amide bonds. The van der Waals surface area contributed by atoms with Gasteiger partial charge in [-0.1, -0.05) is 19.1 Å². The summed E-state index contributed by atoms with van der Waals surface area (Å²) in [5.41, 5.74) is 4.62. The van der Waals surface area contributed by atoms with Crippen LogP contribution in [-0.2, 0) is 22.3 Å². The van der Waals surface area contributed by atoms with Crippen molar-refractivity contribution in [2.75, 3.05) is 7.11 Å². The van der Waals surface area contributed by atoms with E-state index in [2.05, 4.69) is 68.4 Å². The fourth-order valence-corrected chi connectivity index (χ4v) is 6.25. The molecule has 6 nitrogen and oxygen atoms in total. The zero-order chi connectivity index (χ0) is 22.5. The third-order valence-corrected chi connectivity index (χ3v) is 7.76. The maximum atomic E-state index is 6.37. The second-order valence-electron chi connectivity index (χ2n) is 8.82. The predicted octanol–water partition coefficient (Wildman–Crippen LogP) is 5.40. The van der Waals surface area contributed by atoms with Gasteiger partial charge in [-0.05, 0) is 85.0 Å². The lowest BCUT2D eigenvalue weighted by atomic mass is 10.1. The fourth-order valence-electron chi connectivity index (χ4n) is 4.91. The van der Waals surface area contributed by atoms with Crippen LogP contribution < -0.4 is 4.74 Å². The van der Waals surface area contributed by atoms with Crippen molar-refractivity contribution in [2.24, 2.45) is 0 Å². The number of aryl methyl sites for hydroxylation is 2. The first kappa shape index (κ1) is 21.9. The Balaban J connectivity index is 1.45. The summed E-state index contributed by atoms with van der Waals surface area (Å²) in [6.45, 7) is 6.18. The maximum absolute atomic E-state index is 6.37. The average molecular weight is 545 g/mol. The van der Waals surface area contributed by atoms with Crippen molar-refractivity contribution in [1.82, 2.24) is 14.5 Å². The van der Waals surface area contributed by atoms with Crippen LogP contribution in [0.4, 0.5) is 0 Å². The van der Waals surface area contributed by atoms with Gasteiger partial charge < -0.3 is 18.8 Å². The Bertz CT molecular complexity index is 1170. The smallest absolute Gasteiger partial charge is 0.164 e.